The average Bonchev–Trinajstić information content (AvgIpc) is 3.17. The second-order valence-electron chi connectivity index (χ2n) is 16.4. The third kappa shape index (κ3) is 14.3. The summed E-state index contributed by atoms with van der Waals surface area (Å²) in [6.07, 6.45) is 37.0. The van der Waals surface area contributed by atoms with Crippen molar-refractivity contribution in [2.24, 2.45) is 0 Å². The molecule has 0 aliphatic heterocycles. The summed E-state index contributed by atoms with van der Waals surface area (Å²) in [7, 11) is 8.63. The summed E-state index contributed by atoms with van der Waals surface area (Å²) in [4.78, 5) is 4.34. The molecular formula is C46H72N2P2Pd. The number of benzene rings is 2. The minimum atomic E-state index is 0. The molecular weight excluding hydrogens is 749 g/mol. The predicted molar refractivity (Wildman–Crippen MR) is 229 cm³/mol. The Balaban J connectivity index is 0.000000224. The average molecular weight is 821 g/mol. The summed E-state index contributed by atoms with van der Waals surface area (Å²) in [5, 5.41) is 0. The van der Waals surface area contributed by atoms with Crippen LogP contribution in [0.15, 0.2) is 72.3 Å². The van der Waals surface area contributed by atoms with Crippen molar-refractivity contribution in [2.75, 3.05) is 38.0 Å². The molecule has 0 unspecified atom stereocenters. The quantitative estimate of drug-likeness (QED) is 0.155. The van der Waals surface area contributed by atoms with Crippen LogP contribution >= 0.6 is 15.8 Å². The van der Waals surface area contributed by atoms with Gasteiger partial charge in [0.2, 0.25) is 0 Å². The number of hydrogen-bond acceptors (Lipinski definition) is 2. The first kappa shape index (κ1) is 42.8. The summed E-state index contributed by atoms with van der Waals surface area (Å²) in [6.45, 7) is 0. The van der Waals surface area contributed by atoms with Gasteiger partial charge in [-0.2, -0.15) is 0 Å². The predicted octanol–water partition coefficient (Wildman–Crippen LogP) is 13.9. The Morgan fingerprint density at radius 1 is 0.431 bits per heavy atom. The molecule has 0 atom stereocenters. The van der Waals surface area contributed by atoms with Crippen molar-refractivity contribution in [3.63, 3.8) is 0 Å². The van der Waals surface area contributed by atoms with Crippen molar-refractivity contribution in [3.8, 4) is 0 Å². The molecule has 0 heterocycles. The van der Waals surface area contributed by atoms with Gasteiger partial charge in [0, 0.05) is 60.0 Å². The smallest absolute Gasteiger partial charge is 0.0361 e. The molecule has 0 spiro atoms. The summed E-state index contributed by atoms with van der Waals surface area (Å²) < 4.78 is 0. The van der Waals surface area contributed by atoms with Crippen molar-refractivity contribution in [2.45, 2.75) is 164 Å². The normalized spacial score (nSPS) is 20.0. The standard InChI is InChI=1S/2C23H36NP.Pd/c2*1-24(2)21-17-15-20(16-18-21)10-9-19-25(22-11-5-3-6-12-22)23-13-7-4-8-14-23;/h2*9,15-19,22-23H,3-8,10-14H2,1-2H3;. The van der Waals surface area contributed by atoms with E-state index in [4.69, 9.17) is 0 Å². The van der Waals surface area contributed by atoms with Crippen LogP contribution in [-0.2, 0) is 33.3 Å². The maximum Gasteiger partial charge on any atom is 0.0361 e. The fourth-order valence-electron chi connectivity index (χ4n) is 9.08. The van der Waals surface area contributed by atoms with Crippen LogP contribution in [0.3, 0.4) is 0 Å². The summed E-state index contributed by atoms with van der Waals surface area (Å²) in [5.74, 6) is 5.39. The molecule has 4 saturated carbocycles. The number of allylic oxidation sites excluding steroid dienone is 2. The van der Waals surface area contributed by atoms with Crippen molar-refractivity contribution < 1.29 is 20.4 Å². The molecule has 2 aromatic rings. The molecule has 4 fully saturated rings. The Labute approximate surface area is 331 Å². The first-order chi connectivity index (χ1) is 24.5. The van der Waals surface area contributed by atoms with Gasteiger partial charge in [-0.3, -0.25) is 0 Å². The summed E-state index contributed by atoms with van der Waals surface area (Å²) >= 11 is 0. The molecule has 0 amide bonds. The van der Waals surface area contributed by atoms with Gasteiger partial charge < -0.3 is 9.80 Å². The fourth-order valence-corrected chi connectivity index (χ4v) is 15.8. The Hall–Kier alpha value is -0.958. The molecule has 0 N–H and O–H groups in total. The van der Waals surface area contributed by atoms with E-state index in [0.29, 0.717) is 0 Å². The Morgan fingerprint density at radius 3 is 0.922 bits per heavy atom. The van der Waals surface area contributed by atoms with Crippen LogP contribution in [0, 0.1) is 0 Å². The van der Waals surface area contributed by atoms with E-state index in [-0.39, 0.29) is 36.3 Å². The van der Waals surface area contributed by atoms with Gasteiger partial charge in [0.05, 0.1) is 0 Å². The van der Waals surface area contributed by atoms with E-state index in [2.05, 4.69) is 110 Å². The maximum absolute atomic E-state index is 2.70. The molecule has 2 nitrogen and oxygen atoms in total. The fraction of sp³-hybridized carbons (Fsp3) is 0.652. The molecule has 2 aromatic carbocycles. The Kier molecular flexibility index (Phi) is 19.9. The Bertz CT molecular complexity index is 1110. The van der Waals surface area contributed by atoms with Gasteiger partial charge in [0.15, 0.2) is 0 Å². The zero-order valence-corrected chi connectivity index (χ0v) is 36.2. The van der Waals surface area contributed by atoms with Crippen molar-refractivity contribution in [1.29, 1.82) is 0 Å². The third-order valence-electron chi connectivity index (χ3n) is 12.2. The molecule has 6 rings (SSSR count). The largest absolute Gasteiger partial charge is 0.378 e. The molecule has 0 bridgehead atoms. The van der Waals surface area contributed by atoms with Crippen molar-refractivity contribution in [3.05, 3.63) is 83.4 Å². The van der Waals surface area contributed by atoms with Crippen LogP contribution in [0.25, 0.3) is 0 Å². The summed E-state index contributed by atoms with van der Waals surface area (Å²) in [5.41, 5.74) is 9.59. The zero-order chi connectivity index (χ0) is 35.0. The van der Waals surface area contributed by atoms with Crippen LogP contribution in [0.1, 0.15) is 140 Å². The monoisotopic (exact) mass is 820 g/mol. The molecule has 0 aromatic heterocycles. The van der Waals surface area contributed by atoms with Gasteiger partial charge in [0.1, 0.15) is 0 Å². The van der Waals surface area contributed by atoms with Crippen molar-refractivity contribution >= 4 is 27.2 Å². The number of hydrogen-bond donors (Lipinski definition) is 0. The first-order valence-corrected chi connectivity index (χ1v) is 24.0. The molecule has 4 aliphatic rings. The minimum absolute atomic E-state index is 0. The first-order valence-electron chi connectivity index (χ1n) is 20.9. The van der Waals surface area contributed by atoms with Gasteiger partial charge in [-0.15, -0.1) is 0 Å². The van der Waals surface area contributed by atoms with E-state index in [9.17, 15) is 0 Å². The van der Waals surface area contributed by atoms with E-state index in [1.165, 1.54) is 151 Å². The van der Waals surface area contributed by atoms with E-state index >= 15 is 0 Å². The number of nitrogens with zero attached hydrogens (tertiary/aromatic N) is 2. The molecule has 0 saturated heterocycles. The summed E-state index contributed by atoms with van der Waals surface area (Å²) in [6, 6.07) is 18.2. The van der Waals surface area contributed by atoms with E-state index in [1.807, 2.05) is 0 Å². The van der Waals surface area contributed by atoms with Gasteiger partial charge >= 0.3 is 0 Å². The van der Waals surface area contributed by atoms with Gasteiger partial charge in [0.25, 0.3) is 0 Å². The molecule has 51 heavy (non-hydrogen) atoms. The van der Waals surface area contributed by atoms with Crippen LogP contribution in [0.5, 0.6) is 0 Å². The SMILES string of the molecule is CN(C)c1ccc(CC=CP(C2CCCCC2)C2CCCCC2)cc1.CN(C)c1ccc(CC=CP(C2CCCCC2)C2CCCCC2)cc1.[Pd]. The van der Waals surface area contributed by atoms with E-state index in [0.717, 1.165) is 35.5 Å². The zero-order valence-electron chi connectivity index (χ0n) is 32.9. The van der Waals surface area contributed by atoms with Crippen LogP contribution in [0.2, 0.25) is 0 Å². The van der Waals surface area contributed by atoms with Crippen LogP contribution in [-0.4, -0.2) is 50.8 Å². The Morgan fingerprint density at radius 2 is 0.686 bits per heavy atom. The van der Waals surface area contributed by atoms with Gasteiger partial charge in [-0.25, -0.2) is 0 Å². The van der Waals surface area contributed by atoms with Crippen LogP contribution in [0.4, 0.5) is 11.4 Å². The second-order valence-corrected chi connectivity index (χ2v) is 21.7. The van der Waals surface area contributed by atoms with Crippen molar-refractivity contribution in [1.82, 2.24) is 0 Å². The minimum Gasteiger partial charge on any atom is -0.378 e. The third-order valence-corrected chi connectivity index (χ3v) is 18.7. The van der Waals surface area contributed by atoms with Gasteiger partial charge in [-0.1, -0.05) is 141 Å². The topological polar surface area (TPSA) is 6.48 Å². The molecule has 286 valence electrons. The number of rotatable bonds is 12. The second kappa shape index (κ2) is 23.7. The van der Waals surface area contributed by atoms with E-state index in [1.54, 1.807) is 0 Å². The molecule has 0 radical (unpaired) electrons. The van der Waals surface area contributed by atoms with Gasteiger partial charge in [-0.05, 0) is 122 Å². The number of anilines is 2. The van der Waals surface area contributed by atoms with E-state index < -0.39 is 0 Å². The maximum atomic E-state index is 2.70. The van der Waals surface area contributed by atoms with Crippen LogP contribution < -0.4 is 9.80 Å². The molecule has 5 heteroatoms. The molecule has 4 aliphatic carbocycles.